The molecule has 1 aliphatic carbocycles. The van der Waals surface area contributed by atoms with Gasteiger partial charge >= 0.3 is 5.69 Å². The summed E-state index contributed by atoms with van der Waals surface area (Å²) in [6.45, 7) is 0.397. The van der Waals surface area contributed by atoms with Crippen LogP contribution in [0, 0.1) is 28.9 Å². The van der Waals surface area contributed by atoms with Gasteiger partial charge in [0.2, 0.25) is 0 Å². The molecule has 0 unspecified atom stereocenters. The number of benzene rings is 1. The number of alkyl halides is 2. The predicted molar refractivity (Wildman–Crippen MR) is 106 cm³/mol. The molecule has 1 N–H and O–H groups in total. The van der Waals surface area contributed by atoms with E-state index in [4.69, 9.17) is 0 Å². The van der Waals surface area contributed by atoms with Crippen molar-refractivity contribution >= 4 is 22.4 Å². The van der Waals surface area contributed by atoms with Crippen LogP contribution >= 0.6 is 0 Å². The second-order valence-corrected chi connectivity index (χ2v) is 7.80. The van der Waals surface area contributed by atoms with Crippen LogP contribution in [-0.4, -0.2) is 27.9 Å². The number of hydrogen-bond donors (Lipinski definition) is 1. The molecule has 2 aliphatic rings. The summed E-state index contributed by atoms with van der Waals surface area (Å²) in [7, 11) is 0. The zero-order valence-corrected chi connectivity index (χ0v) is 16.2. The van der Waals surface area contributed by atoms with Gasteiger partial charge in [-0.15, -0.1) is 0 Å². The quantitative estimate of drug-likeness (QED) is 0.494. The number of hydrogen-bond acceptors (Lipinski definition) is 4. The minimum Gasteiger partial charge on any atom is -0.324 e. The number of nitrogens with one attached hydrogen (secondary N) is 1. The van der Waals surface area contributed by atoms with Gasteiger partial charge in [0, 0.05) is 18.3 Å². The van der Waals surface area contributed by atoms with Crippen molar-refractivity contribution in [2.24, 2.45) is 5.41 Å². The molecule has 3 heterocycles. The van der Waals surface area contributed by atoms with Crippen molar-refractivity contribution in [3.05, 3.63) is 57.8 Å². The Bertz CT molecular complexity index is 1320. The molecule has 0 amide bonds. The van der Waals surface area contributed by atoms with E-state index in [-0.39, 0.29) is 16.7 Å². The second-order valence-electron chi connectivity index (χ2n) is 7.80. The maximum atomic E-state index is 14.7. The molecule has 158 valence electrons. The Balaban J connectivity index is 1.66. The molecule has 5 rings (SSSR count). The van der Waals surface area contributed by atoms with E-state index in [0.717, 1.165) is 11.6 Å². The van der Waals surface area contributed by atoms with Gasteiger partial charge in [-0.1, -0.05) is 11.8 Å². The fraction of sp³-hybridized carbons (Fsp3) is 0.318. The first-order valence-corrected chi connectivity index (χ1v) is 9.83. The lowest BCUT2D eigenvalue weighted by atomic mass is 9.97. The smallest absolute Gasteiger partial charge is 0.324 e. The second kappa shape index (κ2) is 7.08. The summed E-state index contributed by atoms with van der Waals surface area (Å²) in [6, 6.07) is 2.22. The minimum atomic E-state index is -2.51. The third-order valence-electron chi connectivity index (χ3n) is 5.81. The molecule has 5 nitrogen and oxygen atoms in total. The lowest BCUT2D eigenvalue weighted by Crippen LogP contribution is -2.29. The van der Waals surface area contributed by atoms with E-state index in [2.05, 4.69) is 26.8 Å². The van der Waals surface area contributed by atoms with Gasteiger partial charge in [-0.05, 0) is 43.4 Å². The van der Waals surface area contributed by atoms with Crippen molar-refractivity contribution < 1.29 is 17.6 Å². The van der Waals surface area contributed by atoms with Gasteiger partial charge in [-0.2, -0.15) is 4.98 Å². The molecular formula is C22H16F4N4O. The summed E-state index contributed by atoms with van der Waals surface area (Å²) in [6.07, 6.45) is 2.50. The predicted octanol–water partition coefficient (Wildman–Crippen LogP) is 4.08. The van der Waals surface area contributed by atoms with Crippen molar-refractivity contribution in [3.8, 4) is 11.8 Å². The molecule has 9 heteroatoms. The Hall–Kier alpha value is -3.41. The summed E-state index contributed by atoms with van der Waals surface area (Å²) in [5.41, 5.74) is -0.0131. The van der Waals surface area contributed by atoms with Crippen LogP contribution in [0.5, 0.6) is 0 Å². The zero-order valence-electron chi connectivity index (χ0n) is 16.2. The molecule has 31 heavy (non-hydrogen) atoms. The summed E-state index contributed by atoms with van der Waals surface area (Å²) in [5.74, 6) is 3.38. The summed E-state index contributed by atoms with van der Waals surface area (Å²) in [5, 5.41) is -0.140. The van der Waals surface area contributed by atoms with Crippen molar-refractivity contribution in [3.63, 3.8) is 0 Å². The van der Waals surface area contributed by atoms with Crippen LogP contribution in [0.3, 0.4) is 0 Å². The average molecular weight is 428 g/mol. The van der Waals surface area contributed by atoms with E-state index in [1.165, 1.54) is 18.5 Å². The lowest BCUT2D eigenvalue weighted by Gasteiger charge is -2.31. The number of pyridine rings is 1. The van der Waals surface area contributed by atoms with E-state index >= 15 is 0 Å². The van der Waals surface area contributed by atoms with Gasteiger partial charge < -0.3 is 9.88 Å². The normalized spacial score (nSPS) is 16.7. The van der Waals surface area contributed by atoms with Crippen LogP contribution in [0.1, 0.15) is 30.4 Å². The summed E-state index contributed by atoms with van der Waals surface area (Å²) in [4.78, 5) is 24.2. The van der Waals surface area contributed by atoms with Crippen LogP contribution in [-0.2, 0) is 6.42 Å². The van der Waals surface area contributed by atoms with Crippen molar-refractivity contribution in [2.75, 3.05) is 11.4 Å². The van der Waals surface area contributed by atoms with E-state index in [0.29, 0.717) is 43.5 Å². The number of anilines is 2. The highest BCUT2D eigenvalue weighted by atomic mass is 19.3. The number of aromatic nitrogens is 3. The third-order valence-corrected chi connectivity index (χ3v) is 5.81. The van der Waals surface area contributed by atoms with Gasteiger partial charge in [-0.3, -0.25) is 4.98 Å². The summed E-state index contributed by atoms with van der Waals surface area (Å²) < 4.78 is 55.0. The number of aromatic amines is 1. The van der Waals surface area contributed by atoms with Crippen molar-refractivity contribution in [1.82, 2.24) is 15.0 Å². The minimum absolute atomic E-state index is 0.0187. The first-order chi connectivity index (χ1) is 14.9. The van der Waals surface area contributed by atoms with Crippen LogP contribution < -0.4 is 10.6 Å². The Labute approximate surface area is 174 Å². The maximum absolute atomic E-state index is 14.7. The molecule has 1 saturated carbocycles. The van der Waals surface area contributed by atoms with Crippen LogP contribution in [0.2, 0.25) is 0 Å². The van der Waals surface area contributed by atoms with Gasteiger partial charge in [0.05, 0.1) is 28.2 Å². The Kier molecular flexibility index (Phi) is 4.46. The number of halogens is 4. The highest BCUT2D eigenvalue weighted by Gasteiger charge is 2.50. The molecule has 0 spiro atoms. The Morgan fingerprint density at radius 3 is 2.74 bits per heavy atom. The standard InChI is InChI=1S/C22H16F4N4O/c23-14-3-4-15-17(18(14)24)19(29-21(31)28-15)30-9-1-2-13-12(10-27-11-16(13)30)5-6-22(7-8-22)20(25)26/h3-4,10-11,20H,1-2,7-9H2,(H,28,29,31). The van der Waals surface area contributed by atoms with Crippen LogP contribution in [0.15, 0.2) is 29.3 Å². The largest absolute Gasteiger partial charge is 0.347 e. The van der Waals surface area contributed by atoms with Gasteiger partial charge in [0.1, 0.15) is 0 Å². The first-order valence-electron chi connectivity index (χ1n) is 9.83. The SMILES string of the molecule is O=c1nc(N2CCCc3c(C#CC4(C(F)F)CC4)cncc32)c2c(F)c(F)ccc2[nH]1. The fourth-order valence-corrected chi connectivity index (χ4v) is 3.92. The number of rotatable bonds is 2. The van der Waals surface area contributed by atoms with E-state index in [9.17, 15) is 22.4 Å². The Morgan fingerprint density at radius 2 is 2.00 bits per heavy atom. The molecule has 2 aromatic heterocycles. The molecule has 0 saturated heterocycles. The van der Waals surface area contributed by atoms with E-state index in [1.807, 2.05) is 0 Å². The molecule has 1 aromatic carbocycles. The highest BCUT2D eigenvalue weighted by molar-refractivity contribution is 5.92. The fourth-order valence-electron chi connectivity index (χ4n) is 3.92. The van der Waals surface area contributed by atoms with E-state index in [1.54, 1.807) is 4.90 Å². The Morgan fingerprint density at radius 1 is 1.19 bits per heavy atom. The van der Waals surface area contributed by atoms with Crippen molar-refractivity contribution in [2.45, 2.75) is 32.1 Å². The summed E-state index contributed by atoms with van der Waals surface area (Å²) >= 11 is 0. The van der Waals surface area contributed by atoms with Gasteiger partial charge in [0.25, 0.3) is 6.43 Å². The maximum Gasteiger partial charge on any atom is 0.347 e. The number of H-pyrrole nitrogens is 1. The monoisotopic (exact) mass is 428 g/mol. The average Bonchev–Trinajstić information content (AvgIpc) is 3.55. The highest BCUT2D eigenvalue weighted by Crippen LogP contribution is 2.50. The molecule has 0 bridgehead atoms. The molecule has 1 fully saturated rings. The number of nitrogens with zero attached hydrogens (tertiary/aromatic N) is 3. The lowest BCUT2D eigenvalue weighted by molar-refractivity contribution is 0.0921. The van der Waals surface area contributed by atoms with Gasteiger partial charge in [0.15, 0.2) is 17.5 Å². The van der Waals surface area contributed by atoms with E-state index < -0.39 is 29.2 Å². The topological polar surface area (TPSA) is 61.9 Å². The molecule has 3 aromatic rings. The zero-order chi connectivity index (χ0) is 21.8. The van der Waals surface area contributed by atoms with Gasteiger partial charge in [-0.25, -0.2) is 22.4 Å². The number of fused-ring (bicyclic) bond motifs is 2. The molecular weight excluding hydrogens is 412 g/mol. The third kappa shape index (κ3) is 3.23. The van der Waals surface area contributed by atoms with Crippen LogP contribution in [0.25, 0.3) is 10.9 Å². The molecule has 1 aliphatic heterocycles. The van der Waals surface area contributed by atoms with Crippen LogP contribution in [0.4, 0.5) is 29.1 Å². The molecule has 0 atom stereocenters. The first kappa shape index (κ1) is 19.5. The van der Waals surface area contributed by atoms with Crippen molar-refractivity contribution in [1.29, 1.82) is 0 Å². The molecule has 0 radical (unpaired) electrons.